The minimum absolute atomic E-state index is 0. The van der Waals surface area contributed by atoms with Crippen LogP contribution in [0.4, 0.5) is 0 Å². The van der Waals surface area contributed by atoms with Gasteiger partial charge in [0.15, 0.2) is 0 Å². The van der Waals surface area contributed by atoms with E-state index in [1.54, 1.807) is 7.11 Å². The first-order valence-corrected chi connectivity index (χ1v) is 7.04. The van der Waals surface area contributed by atoms with E-state index in [1.165, 1.54) is 16.7 Å². The van der Waals surface area contributed by atoms with E-state index in [2.05, 4.69) is 37.4 Å². The number of carbonyl (C=O) groups excluding carboxylic acids is 1. The molecule has 5 heteroatoms. The average molecular weight is 315 g/mol. The summed E-state index contributed by atoms with van der Waals surface area (Å²) in [5.41, 5.74) is 9.26. The average Bonchev–Trinajstić information content (AvgIpc) is 2.34. The number of amides is 1. The summed E-state index contributed by atoms with van der Waals surface area (Å²) in [4.78, 5) is 11.9. The van der Waals surface area contributed by atoms with Crippen molar-refractivity contribution in [1.29, 1.82) is 0 Å². The SMILES string of the molecule is COC(CN)CC(=O)NC(C)Cc1cc(C)cc(C)c1.Cl. The highest BCUT2D eigenvalue weighted by Crippen LogP contribution is 2.11. The van der Waals surface area contributed by atoms with Gasteiger partial charge in [-0.25, -0.2) is 0 Å². The molecule has 2 atom stereocenters. The fourth-order valence-electron chi connectivity index (χ4n) is 2.39. The molecule has 1 amide bonds. The van der Waals surface area contributed by atoms with Gasteiger partial charge in [0.2, 0.25) is 5.91 Å². The van der Waals surface area contributed by atoms with E-state index in [9.17, 15) is 4.79 Å². The van der Waals surface area contributed by atoms with Crippen molar-refractivity contribution in [3.05, 3.63) is 34.9 Å². The minimum Gasteiger partial charge on any atom is -0.380 e. The number of benzene rings is 1. The van der Waals surface area contributed by atoms with Gasteiger partial charge in [-0.05, 0) is 32.8 Å². The minimum atomic E-state index is -0.205. The largest absolute Gasteiger partial charge is 0.380 e. The molecule has 0 aromatic heterocycles. The van der Waals surface area contributed by atoms with Crippen molar-refractivity contribution in [2.75, 3.05) is 13.7 Å². The van der Waals surface area contributed by atoms with Crippen LogP contribution in [0, 0.1) is 13.8 Å². The Hall–Kier alpha value is -1.10. The second-order valence-corrected chi connectivity index (χ2v) is 5.47. The third-order valence-corrected chi connectivity index (χ3v) is 3.24. The summed E-state index contributed by atoms with van der Waals surface area (Å²) in [7, 11) is 1.57. The molecular formula is C16H27ClN2O2. The number of hydrogen-bond acceptors (Lipinski definition) is 3. The molecule has 0 bridgehead atoms. The molecule has 0 fully saturated rings. The molecule has 0 heterocycles. The van der Waals surface area contributed by atoms with E-state index in [4.69, 9.17) is 10.5 Å². The van der Waals surface area contributed by atoms with Crippen molar-refractivity contribution >= 4 is 18.3 Å². The van der Waals surface area contributed by atoms with Crippen molar-refractivity contribution in [2.24, 2.45) is 5.73 Å². The first-order valence-electron chi connectivity index (χ1n) is 7.04. The molecule has 2 unspecified atom stereocenters. The van der Waals surface area contributed by atoms with Gasteiger partial charge in [0.25, 0.3) is 0 Å². The lowest BCUT2D eigenvalue weighted by atomic mass is 10.0. The molecule has 0 aliphatic rings. The highest BCUT2D eigenvalue weighted by molar-refractivity contribution is 5.85. The van der Waals surface area contributed by atoms with Crippen LogP contribution < -0.4 is 11.1 Å². The lowest BCUT2D eigenvalue weighted by Crippen LogP contribution is -2.38. The van der Waals surface area contributed by atoms with E-state index < -0.39 is 0 Å². The summed E-state index contributed by atoms with van der Waals surface area (Å²) < 4.78 is 5.12. The molecule has 1 aromatic carbocycles. The maximum atomic E-state index is 11.9. The predicted molar refractivity (Wildman–Crippen MR) is 88.9 cm³/mol. The van der Waals surface area contributed by atoms with Crippen LogP contribution >= 0.6 is 12.4 Å². The zero-order valence-electron chi connectivity index (χ0n) is 13.3. The summed E-state index contributed by atoms with van der Waals surface area (Å²) in [6.45, 7) is 6.55. The number of methoxy groups -OCH3 is 1. The third kappa shape index (κ3) is 7.46. The van der Waals surface area contributed by atoms with Gasteiger partial charge in [0, 0.05) is 19.7 Å². The monoisotopic (exact) mass is 314 g/mol. The summed E-state index contributed by atoms with van der Waals surface area (Å²) in [5.74, 6) is -0.0147. The molecule has 0 saturated heterocycles. The van der Waals surface area contributed by atoms with Crippen LogP contribution in [-0.2, 0) is 16.0 Å². The van der Waals surface area contributed by atoms with Crippen molar-refractivity contribution in [2.45, 2.75) is 45.8 Å². The Morgan fingerprint density at radius 1 is 1.29 bits per heavy atom. The Morgan fingerprint density at radius 3 is 2.33 bits per heavy atom. The maximum Gasteiger partial charge on any atom is 0.222 e. The summed E-state index contributed by atoms with van der Waals surface area (Å²) in [5, 5.41) is 2.99. The number of aryl methyl sites for hydroxylation is 2. The molecule has 0 aliphatic carbocycles. The molecule has 0 aliphatic heterocycles. The Bertz CT molecular complexity index is 428. The quantitative estimate of drug-likeness (QED) is 0.810. The van der Waals surface area contributed by atoms with E-state index >= 15 is 0 Å². The van der Waals surface area contributed by atoms with E-state index in [0.717, 1.165) is 6.42 Å². The fraction of sp³-hybridized carbons (Fsp3) is 0.562. The smallest absolute Gasteiger partial charge is 0.222 e. The number of rotatable bonds is 7. The summed E-state index contributed by atoms with van der Waals surface area (Å²) >= 11 is 0. The van der Waals surface area contributed by atoms with Gasteiger partial charge in [-0.3, -0.25) is 4.79 Å². The zero-order chi connectivity index (χ0) is 15.1. The van der Waals surface area contributed by atoms with Gasteiger partial charge < -0.3 is 15.8 Å². The Morgan fingerprint density at radius 2 is 1.86 bits per heavy atom. The molecule has 1 rings (SSSR count). The predicted octanol–water partition coefficient (Wildman–Crippen LogP) is 2.14. The van der Waals surface area contributed by atoms with Crippen LogP contribution in [0.25, 0.3) is 0 Å². The van der Waals surface area contributed by atoms with Crippen LogP contribution in [-0.4, -0.2) is 31.7 Å². The molecule has 0 saturated carbocycles. The normalized spacial score (nSPS) is 13.2. The van der Waals surface area contributed by atoms with Crippen molar-refractivity contribution < 1.29 is 9.53 Å². The molecule has 0 spiro atoms. The van der Waals surface area contributed by atoms with Crippen molar-refractivity contribution in [3.8, 4) is 0 Å². The van der Waals surface area contributed by atoms with Gasteiger partial charge in [-0.15, -0.1) is 12.4 Å². The van der Waals surface area contributed by atoms with Gasteiger partial charge in [0.05, 0.1) is 12.5 Å². The van der Waals surface area contributed by atoms with E-state index in [0.29, 0.717) is 13.0 Å². The Balaban J connectivity index is 0.00000400. The van der Waals surface area contributed by atoms with Gasteiger partial charge in [0.1, 0.15) is 0 Å². The number of halogens is 1. The lowest BCUT2D eigenvalue weighted by molar-refractivity contribution is -0.123. The van der Waals surface area contributed by atoms with Crippen molar-refractivity contribution in [1.82, 2.24) is 5.32 Å². The molecule has 120 valence electrons. The van der Waals surface area contributed by atoms with Gasteiger partial charge in [-0.2, -0.15) is 0 Å². The van der Waals surface area contributed by atoms with Crippen LogP contribution in [0.3, 0.4) is 0 Å². The fourth-order valence-corrected chi connectivity index (χ4v) is 2.39. The topological polar surface area (TPSA) is 64.3 Å². The first kappa shape index (κ1) is 19.9. The van der Waals surface area contributed by atoms with Crippen molar-refractivity contribution in [3.63, 3.8) is 0 Å². The molecule has 1 aromatic rings. The lowest BCUT2D eigenvalue weighted by Gasteiger charge is -2.17. The second kappa shape index (κ2) is 9.77. The molecule has 0 radical (unpaired) electrons. The molecule has 4 nitrogen and oxygen atoms in total. The summed E-state index contributed by atoms with van der Waals surface area (Å²) in [6, 6.07) is 6.57. The number of ether oxygens (including phenoxy) is 1. The number of carbonyl (C=O) groups is 1. The van der Waals surface area contributed by atoms with Crippen LogP contribution in [0.15, 0.2) is 18.2 Å². The number of nitrogens with one attached hydrogen (secondary N) is 1. The third-order valence-electron chi connectivity index (χ3n) is 3.24. The standard InChI is InChI=1S/C16H26N2O2.ClH/c1-11-5-12(2)7-14(6-11)8-13(3)18-16(19)9-15(10-17)20-4;/h5-7,13,15H,8-10,17H2,1-4H3,(H,18,19);1H. The van der Waals surface area contributed by atoms with E-state index in [1.807, 2.05) is 6.92 Å². The Kier molecular flexibility index (Phi) is 9.26. The maximum absolute atomic E-state index is 11.9. The van der Waals surface area contributed by atoms with Crippen LogP contribution in [0.5, 0.6) is 0 Å². The zero-order valence-corrected chi connectivity index (χ0v) is 14.1. The number of nitrogens with two attached hydrogens (primary N) is 1. The van der Waals surface area contributed by atoms with Gasteiger partial charge in [-0.1, -0.05) is 29.3 Å². The first-order chi connectivity index (χ1) is 9.44. The number of hydrogen-bond donors (Lipinski definition) is 2. The molecule has 3 N–H and O–H groups in total. The summed E-state index contributed by atoms with van der Waals surface area (Å²) in [6.07, 6.45) is 0.932. The highest BCUT2D eigenvalue weighted by Gasteiger charge is 2.14. The highest BCUT2D eigenvalue weighted by atomic mass is 35.5. The van der Waals surface area contributed by atoms with Crippen LogP contribution in [0.2, 0.25) is 0 Å². The molecular weight excluding hydrogens is 288 g/mol. The molecule has 21 heavy (non-hydrogen) atoms. The van der Waals surface area contributed by atoms with Gasteiger partial charge >= 0.3 is 0 Å². The Labute approximate surface area is 133 Å². The second-order valence-electron chi connectivity index (χ2n) is 5.47. The van der Waals surface area contributed by atoms with E-state index in [-0.39, 0.29) is 30.5 Å². The van der Waals surface area contributed by atoms with Crippen LogP contribution in [0.1, 0.15) is 30.0 Å².